The van der Waals surface area contributed by atoms with Gasteiger partial charge in [0.15, 0.2) is 5.16 Å². The van der Waals surface area contributed by atoms with Crippen LogP contribution in [0.1, 0.15) is 36.6 Å². The Morgan fingerprint density at radius 3 is 2.75 bits per heavy atom. The van der Waals surface area contributed by atoms with Crippen molar-refractivity contribution in [2.24, 2.45) is 0 Å². The van der Waals surface area contributed by atoms with Crippen molar-refractivity contribution in [2.75, 3.05) is 5.75 Å². The van der Waals surface area contributed by atoms with E-state index >= 15 is 0 Å². The van der Waals surface area contributed by atoms with E-state index in [0.29, 0.717) is 0 Å². The first-order valence-electron chi connectivity index (χ1n) is 8.55. The first-order chi connectivity index (χ1) is 11.8. The summed E-state index contributed by atoms with van der Waals surface area (Å²) in [5, 5.41) is 1.67. The first-order valence-corrected chi connectivity index (χ1v) is 10.4. The summed E-state index contributed by atoms with van der Waals surface area (Å²) in [5.41, 5.74) is 2.27. The molecule has 0 atom stereocenters. The Labute approximate surface area is 149 Å². The van der Waals surface area contributed by atoms with Gasteiger partial charge in [-0.1, -0.05) is 43.3 Å². The third-order valence-corrected chi connectivity index (χ3v) is 6.50. The average Bonchev–Trinajstić information content (AvgIpc) is 2.78. The second kappa shape index (κ2) is 6.73. The van der Waals surface area contributed by atoms with Gasteiger partial charge in [-0.2, -0.15) is 0 Å². The summed E-state index contributed by atoms with van der Waals surface area (Å²) in [6.07, 6.45) is 5.77. The van der Waals surface area contributed by atoms with E-state index in [4.69, 9.17) is 4.98 Å². The lowest BCUT2D eigenvalue weighted by Gasteiger charge is -2.11. The Hall–Kier alpha value is -1.59. The van der Waals surface area contributed by atoms with Crippen molar-refractivity contribution in [3.05, 3.63) is 51.1 Å². The van der Waals surface area contributed by atoms with Crippen LogP contribution in [0.3, 0.4) is 0 Å². The fourth-order valence-electron chi connectivity index (χ4n) is 3.39. The average molecular weight is 357 g/mol. The molecular weight excluding hydrogens is 336 g/mol. The van der Waals surface area contributed by atoms with Crippen LogP contribution in [0.5, 0.6) is 0 Å². The zero-order chi connectivity index (χ0) is 16.5. The van der Waals surface area contributed by atoms with Crippen molar-refractivity contribution in [3.8, 4) is 5.69 Å². The Bertz CT molecular complexity index is 928. The third-order valence-electron chi connectivity index (χ3n) is 4.50. The summed E-state index contributed by atoms with van der Waals surface area (Å²) in [7, 11) is 0. The van der Waals surface area contributed by atoms with E-state index in [1.165, 1.54) is 29.7 Å². The van der Waals surface area contributed by atoms with Gasteiger partial charge in [0.1, 0.15) is 4.83 Å². The van der Waals surface area contributed by atoms with Gasteiger partial charge in [-0.05, 0) is 49.1 Å². The number of para-hydroxylation sites is 1. The standard InChI is InChI=1S/C19H20N2OS2/c1-2-23-19-20-17-16(14-11-7-4-8-12-15(14)24-17)18(22)21(19)13-9-5-3-6-10-13/h3,5-6,9-10H,2,4,7-8,11-12H2,1H3. The molecule has 1 aliphatic carbocycles. The Balaban J connectivity index is 2.03. The summed E-state index contributed by atoms with van der Waals surface area (Å²) < 4.78 is 1.80. The van der Waals surface area contributed by atoms with Crippen LogP contribution in [0.2, 0.25) is 0 Å². The minimum Gasteiger partial charge on any atom is -0.268 e. The lowest BCUT2D eigenvalue weighted by molar-refractivity contribution is 0.713. The summed E-state index contributed by atoms with van der Waals surface area (Å²) in [5.74, 6) is 0.899. The maximum atomic E-state index is 13.4. The molecule has 1 aliphatic rings. The maximum absolute atomic E-state index is 13.4. The van der Waals surface area contributed by atoms with Crippen molar-refractivity contribution in [3.63, 3.8) is 0 Å². The van der Waals surface area contributed by atoms with Crippen LogP contribution in [0, 0.1) is 0 Å². The van der Waals surface area contributed by atoms with E-state index in [1.54, 1.807) is 27.7 Å². The molecule has 24 heavy (non-hydrogen) atoms. The van der Waals surface area contributed by atoms with Crippen LogP contribution in [0.4, 0.5) is 0 Å². The monoisotopic (exact) mass is 356 g/mol. The Kier molecular flexibility index (Phi) is 4.46. The predicted octanol–water partition coefficient (Wildman–Crippen LogP) is 4.83. The molecule has 0 aliphatic heterocycles. The molecule has 0 radical (unpaired) electrons. The molecule has 0 spiro atoms. The van der Waals surface area contributed by atoms with Crippen molar-refractivity contribution in [1.29, 1.82) is 0 Å². The van der Waals surface area contributed by atoms with Crippen LogP contribution in [0.15, 0.2) is 40.3 Å². The van der Waals surface area contributed by atoms with E-state index in [0.717, 1.165) is 39.7 Å². The van der Waals surface area contributed by atoms with Gasteiger partial charge in [-0.3, -0.25) is 9.36 Å². The number of benzene rings is 1. The number of aryl methyl sites for hydroxylation is 2. The smallest absolute Gasteiger partial charge is 0.267 e. The molecule has 0 N–H and O–H groups in total. The SMILES string of the molecule is CCSc1nc2sc3c(c2c(=O)n1-c1ccccc1)CCCCC3. The number of fused-ring (bicyclic) bond motifs is 3. The molecule has 4 rings (SSSR count). The molecule has 3 nitrogen and oxygen atoms in total. The van der Waals surface area contributed by atoms with E-state index in [9.17, 15) is 4.79 Å². The largest absolute Gasteiger partial charge is 0.268 e. The van der Waals surface area contributed by atoms with Crippen LogP contribution in [-0.4, -0.2) is 15.3 Å². The van der Waals surface area contributed by atoms with Crippen LogP contribution < -0.4 is 5.56 Å². The molecule has 2 aromatic heterocycles. The molecular formula is C19H20N2OS2. The van der Waals surface area contributed by atoms with Crippen molar-refractivity contribution in [2.45, 2.75) is 44.2 Å². The molecule has 0 bridgehead atoms. The number of nitrogens with zero attached hydrogens (tertiary/aromatic N) is 2. The second-order valence-electron chi connectivity index (χ2n) is 6.05. The molecule has 0 fully saturated rings. The number of hydrogen-bond acceptors (Lipinski definition) is 4. The Morgan fingerprint density at radius 1 is 1.17 bits per heavy atom. The highest BCUT2D eigenvalue weighted by Gasteiger charge is 2.21. The van der Waals surface area contributed by atoms with Crippen molar-refractivity contribution >= 4 is 33.3 Å². The summed E-state index contributed by atoms with van der Waals surface area (Å²) >= 11 is 3.37. The van der Waals surface area contributed by atoms with Gasteiger partial charge in [0, 0.05) is 4.88 Å². The lowest BCUT2D eigenvalue weighted by atomic mass is 10.1. The molecule has 124 valence electrons. The quantitative estimate of drug-likeness (QED) is 0.383. The molecule has 0 saturated carbocycles. The summed E-state index contributed by atoms with van der Waals surface area (Å²) in [6.45, 7) is 2.10. The molecule has 0 saturated heterocycles. The minimum absolute atomic E-state index is 0.0987. The molecule has 5 heteroatoms. The number of aromatic nitrogens is 2. The van der Waals surface area contributed by atoms with E-state index in [-0.39, 0.29) is 5.56 Å². The fraction of sp³-hybridized carbons (Fsp3) is 0.368. The van der Waals surface area contributed by atoms with Gasteiger partial charge < -0.3 is 0 Å². The van der Waals surface area contributed by atoms with Crippen LogP contribution in [0.25, 0.3) is 15.9 Å². The highest BCUT2D eigenvalue weighted by Crippen LogP contribution is 2.34. The van der Waals surface area contributed by atoms with Gasteiger partial charge in [-0.25, -0.2) is 4.98 Å². The molecule has 0 unspecified atom stereocenters. The van der Waals surface area contributed by atoms with E-state index in [2.05, 4.69) is 6.92 Å². The summed E-state index contributed by atoms with van der Waals surface area (Å²) in [6, 6.07) is 9.89. The fourth-order valence-corrected chi connectivity index (χ4v) is 5.43. The topological polar surface area (TPSA) is 34.9 Å². The number of rotatable bonds is 3. The molecule has 0 amide bonds. The van der Waals surface area contributed by atoms with Gasteiger partial charge >= 0.3 is 0 Å². The van der Waals surface area contributed by atoms with Gasteiger partial charge in [-0.15, -0.1) is 11.3 Å². The van der Waals surface area contributed by atoms with Crippen molar-refractivity contribution < 1.29 is 0 Å². The number of thiophene rings is 1. The van der Waals surface area contributed by atoms with Gasteiger partial charge in [0.05, 0.1) is 11.1 Å². The number of thioether (sulfide) groups is 1. The van der Waals surface area contributed by atoms with Gasteiger partial charge in [0.25, 0.3) is 5.56 Å². The highest BCUT2D eigenvalue weighted by atomic mass is 32.2. The molecule has 1 aromatic carbocycles. The van der Waals surface area contributed by atoms with Crippen molar-refractivity contribution in [1.82, 2.24) is 9.55 Å². The zero-order valence-corrected chi connectivity index (χ0v) is 15.4. The molecule has 3 aromatic rings. The highest BCUT2D eigenvalue weighted by molar-refractivity contribution is 7.99. The van der Waals surface area contributed by atoms with E-state index < -0.39 is 0 Å². The Morgan fingerprint density at radius 2 is 1.96 bits per heavy atom. The van der Waals surface area contributed by atoms with Crippen LogP contribution in [-0.2, 0) is 12.8 Å². The molecule has 2 heterocycles. The normalized spacial score (nSPS) is 14.5. The van der Waals surface area contributed by atoms with E-state index in [1.807, 2.05) is 30.3 Å². The second-order valence-corrected chi connectivity index (χ2v) is 8.36. The lowest BCUT2D eigenvalue weighted by Crippen LogP contribution is -2.22. The number of hydrogen-bond donors (Lipinski definition) is 0. The first kappa shape index (κ1) is 15.9. The predicted molar refractivity (Wildman–Crippen MR) is 103 cm³/mol. The minimum atomic E-state index is 0.0987. The maximum Gasteiger partial charge on any atom is 0.267 e. The summed E-state index contributed by atoms with van der Waals surface area (Å²) in [4.78, 5) is 20.6. The zero-order valence-electron chi connectivity index (χ0n) is 13.7. The third kappa shape index (κ3) is 2.70. The van der Waals surface area contributed by atoms with Crippen LogP contribution >= 0.6 is 23.1 Å². The van der Waals surface area contributed by atoms with Gasteiger partial charge in [0.2, 0.25) is 0 Å².